The molecule has 0 atom stereocenters. The van der Waals surface area contributed by atoms with E-state index in [9.17, 15) is 4.79 Å². The van der Waals surface area contributed by atoms with Crippen LogP contribution in [0.2, 0.25) is 0 Å². The molecule has 0 spiro atoms. The second kappa shape index (κ2) is 7.20. The number of rotatable bonds is 4. The van der Waals surface area contributed by atoms with Gasteiger partial charge < -0.3 is 10.6 Å². The van der Waals surface area contributed by atoms with E-state index < -0.39 is 0 Å². The van der Waals surface area contributed by atoms with Crippen molar-refractivity contribution in [1.82, 2.24) is 30.4 Å². The molecule has 2 aliphatic rings. The number of nitrogens with one attached hydrogen (secondary N) is 3. The van der Waals surface area contributed by atoms with Gasteiger partial charge >= 0.3 is 6.03 Å². The lowest BCUT2D eigenvalue weighted by atomic mass is 10.1. The molecule has 1 saturated heterocycles. The van der Waals surface area contributed by atoms with Gasteiger partial charge in [0.2, 0.25) is 0 Å². The average molecular weight is 377 g/mol. The molecular formula is C20H23N7O. The van der Waals surface area contributed by atoms with Crippen LogP contribution in [0.25, 0.3) is 22.2 Å². The van der Waals surface area contributed by atoms with Gasteiger partial charge in [0.25, 0.3) is 0 Å². The summed E-state index contributed by atoms with van der Waals surface area (Å²) in [6.07, 6.45) is 10.2. The molecule has 28 heavy (non-hydrogen) atoms. The number of carbonyl (C=O) groups is 1. The van der Waals surface area contributed by atoms with Crippen molar-refractivity contribution in [3.8, 4) is 11.1 Å². The standard InChI is InChI=1S/C20H23N7O/c28-20(24-15-3-1-2-4-15)26-19-6-5-17-18(25-19)7-13(8-22-17)14-9-23-27(12-14)16-10-21-11-16/h5-9,12,15-16,21H,1-4,10-11H2,(H2,24,25,26,28). The van der Waals surface area contributed by atoms with E-state index in [1.165, 1.54) is 12.8 Å². The van der Waals surface area contributed by atoms with E-state index in [2.05, 4.69) is 31.0 Å². The van der Waals surface area contributed by atoms with Crippen molar-refractivity contribution in [3.63, 3.8) is 0 Å². The number of fused-ring (bicyclic) bond motifs is 1. The third-order valence-electron chi connectivity index (χ3n) is 5.54. The highest BCUT2D eigenvalue weighted by atomic mass is 16.2. The van der Waals surface area contributed by atoms with Gasteiger partial charge in [-0.1, -0.05) is 12.8 Å². The molecule has 144 valence electrons. The number of pyridine rings is 2. The molecule has 2 fully saturated rings. The van der Waals surface area contributed by atoms with E-state index >= 15 is 0 Å². The van der Waals surface area contributed by atoms with E-state index in [4.69, 9.17) is 0 Å². The normalized spacial score (nSPS) is 17.6. The van der Waals surface area contributed by atoms with Crippen LogP contribution in [0.3, 0.4) is 0 Å². The van der Waals surface area contributed by atoms with Crippen molar-refractivity contribution in [3.05, 3.63) is 36.8 Å². The Kier molecular flexibility index (Phi) is 4.40. The summed E-state index contributed by atoms with van der Waals surface area (Å²) in [5.74, 6) is 0.526. The van der Waals surface area contributed by atoms with Gasteiger partial charge in [-0.15, -0.1) is 0 Å². The molecular weight excluding hydrogens is 354 g/mol. The first kappa shape index (κ1) is 17.1. The minimum atomic E-state index is -0.196. The molecule has 0 aromatic carbocycles. The topological polar surface area (TPSA) is 96.8 Å². The van der Waals surface area contributed by atoms with Gasteiger partial charge in [0.05, 0.1) is 23.3 Å². The van der Waals surface area contributed by atoms with Gasteiger partial charge in [-0.3, -0.25) is 15.0 Å². The highest BCUT2D eigenvalue weighted by molar-refractivity contribution is 5.90. The van der Waals surface area contributed by atoms with Crippen molar-refractivity contribution in [2.24, 2.45) is 0 Å². The molecule has 1 aliphatic heterocycles. The lowest BCUT2D eigenvalue weighted by molar-refractivity contribution is 0.248. The highest BCUT2D eigenvalue weighted by Gasteiger charge is 2.20. The summed E-state index contributed by atoms with van der Waals surface area (Å²) in [5.41, 5.74) is 3.52. The van der Waals surface area contributed by atoms with Crippen LogP contribution in [0.5, 0.6) is 0 Å². The van der Waals surface area contributed by atoms with Crippen LogP contribution in [0.1, 0.15) is 31.7 Å². The lowest BCUT2D eigenvalue weighted by Crippen LogP contribution is -2.43. The SMILES string of the molecule is O=C(Nc1ccc2ncc(-c3cnn(C4CNC4)c3)cc2n1)NC1CCCC1. The number of urea groups is 1. The number of anilines is 1. The highest BCUT2D eigenvalue weighted by Crippen LogP contribution is 2.24. The molecule has 0 radical (unpaired) electrons. The fraction of sp³-hybridized carbons (Fsp3) is 0.400. The Morgan fingerprint density at radius 3 is 2.75 bits per heavy atom. The average Bonchev–Trinajstić information content (AvgIpc) is 3.32. The van der Waals surface area contributed by atoms with E-state index in [1.54, 1.807) is 6.07 Å². The molecule has 2 amide bonds. The molecule has 0 unspecified atom stereocenters. The molecule has 5 rings (SSSR count). The van der Waals surface area contributed by atoms with Gasteiger partial charge in [0, 0.05) is 42.7 Å². The van der Waals surface area contributed by atoms with Crippen molar-refractivity contribution in [2.75, 3.05) is 18.4 Å². The summed E-state index contributed by atoms with van der Waals surface area (Å²) >= 11 is 0. The molecule has 4 heterocycles. The van der Waals surface area contributed by atoms with Crippen LogP contribution in [-0.2, 0) is 0 Å². The predicted octanol–water partition coefficient (Wildman–Crippen LogP) is 2.70. The van der Waals surface area contributed by atoms with E-state index in [0.29, 0.717) is 11.9 Å². The molecule has 3 N–H and O–H groups in total. The Hall–Kier alpha value is -3.00. The Morgan fingerprint density at radius 2 is 1.96 bits per heavy atom. The Balaban J connectivity index is 1.34. The number of hydrogen-bond donors (Lipinski definition) is 3. The molecule has 3 aromatic heterocycles. The maximum atomic E-state index is 12.2. The number of hydrogen-bond acceptors (Lipinski definition) is 5. The summed E-state index contributed by atoms with van der Waals surface area (Å²) in [6, 6.07) is 6.15. The number of amides is 2. The Morgan fingerprint density at radius 1 is 1.11 bits per heavy atom. The molecule has 3 aromatic rings. The van der Waals surface area contributed by atoms with Gasteiger partial charge in [0.1, 0.15) is 5.82 Å². The van der Waals surface area contributed by atoms with E-state index in [1.807, 2.05) is 35.4 Å². The fourth-order valence-corrected chi connectivity index (χ4v) is 3.79. The minimum absolute atomic E-state index is 0.196. The van der Waals surface area contributed by atoms with Crippen LogP contribution < -0.4 is 16.0 Å². The maximum Gasteiger partial charge on any atom is 0.320 e. The third-order valence-corrected chi connectivity index (χ3v) is 5.54. The van der Waals surface area contributed by atoms with E-state index in [-0.39, 0.29) is 12.1 Å². The van der Waals surface area contributed by atoms with Crippen LogP contribution in [-0.4, -0.2) is 44.9 Å². The van der Waals surface area contributed by atoms with Gasteiger partial charge in [-0.25, -0.2) is 9.78 Å². The molecule has 1 aliphatic carbocycles. The summed E-state index contributed by atoms with van der Waals surface area (Å²) < 4.78 is 1.99. The quantitative estimate of drug-likeness (QED) is 0.650. The first-order chi connectivity index (χ1) is 13.7. The number of aromatic nitrogens is 4. The zero-order chi connectivity index (χ0) is 18.9. The summed E-state index contributed by atoms with van der Waals surface area (Å²) in [4.78, 5) is 21.3. The van der Waals surface area contributed by atoms with Gasteiger partial charge in [0.15, 0.2) is 0 Å². The van der Waals surface area contributed by atoms with Crippen molar-refractivity contribution < 1.29 is 4.79 Å². The minimum Gasteiger partial charge on any atom is -0.335 e. The van der Waals surface area contributed by atoms with Gasteiger partial charge in [-0.2, -0.15) is 5.10 Å². The van der Waals surface area contributed by atoms with E-state index in [0.717, 1.165) is 48.1 Å². The first-order valence-corrected chi connectivity index (χ1v) is 9.84. The molecule has 1 saturated carbocycles. The van der Waals surface area contributed by atoms with Crippen molar-refractivity contribution in [2.45, 2.75) is 37.8 Å². The summed E-state index contributed by atoms with van der Waals surface area (Å²) in [7, 11) is 0. The lowest BCUT2D eigenvalue weighted by Gasteiger charge is -2.27. The van der Waals surface area contributed by atoms with Crippen LogP contribution in [0.4, 0.5) is 10.6 Å². The van der Waals surface area contributed by atoms with Crippen molar-refractivity contribution >= 4 is 22.9 Å². The largest absolute Gasteiger partial charge is 0.335 e. The fourth-order valence-electron chi connectivity index (χ4n) is 3.79. The number of carbonyl (C=O) groups excluding carboxylic acids is 1. The monoisotopic (exact) mass is 377 g/mol. The zero-order valence-corrected chi connectivity index (χ0v) is 15.6. The van der Waals surface area contributed by atoms with Crippen LogP contribution in [0, 0.1) is 0 Å². The van der Waals surface area contributed by atoms with Crippen LogP contribution in [0.15, 0.2) is 36.8 Å². The summed E-state index contributed by atoms with van der Waals surface area (Å²) in [6.45, 7) is 1.91. The van der Waals surface area contributed by atoms with Gasteiger partial charge in [-0.05, 0) is 31.0 Å². The molecule has 0 bridgehead atoms. The zero-order valence-electron chi connectivity index (χ0n) is 15.6. The smallest absolute Gasteiger partial charge is 0.320 e. The first-order valence-electron chi connectivity index (χ1n) is 9.84. The summed E-state index contributed by atoms with van der Waals surface area (Å²) in [5, 5.41) is 13.6. The van der Waals surface area contributed by atoms with Crippen LogP contribution >= 0.6 is 0 Å². The Bertz CT molecular complexity index is 1000. The second-order valence-electron chi connectivity index (χ2n) is 7.56. The van der Waals surface area contributed by atoms with Crippen molar-refractivity contribution in [1.29, 1.82) is 0 Å². The predicted molar refractivity (Wildman–Crippen MR) is 107 cm³/mol. The maximum absolute atomic E-state index is 12.2. The Labute approximate surface area is 162 Å². The second-order valence-corrected chi connectivity index (χ2v) is 7.56. The molecule has 8 nitrogen and oxygen atoms in total. The third kappa shape index (κ3) is 3.43. The number of nitrogens with zero attached hydrogens (tertiary/aromatic N) is 4. The molecule has 8 heteroatoms.